The van der Waals surface area contributed by atoms with E-state index in [2.05, 4.69) is 70.9 Å². The predicted octanol–water partition coefficient (Wildman–Crippen LogP) is 4.82. The minimum absolute atomic E-state index is 0.170. The van der Waals surface area contributed by atoms with Crippen LogP contribution in [0.4, 0.5) is 5.82 Å². The van der Waals surface area contributed by atoms with E-state index in [-0.39, 0.29) is 17.8 Å². The molecule has 3 heterocycles. The second-order valence-corrected chi connectivity index (χ2v) is 10.7. The van der Waals surface area contributed by atoms with E-state index in [1.807, 2.05) is 0 Å². The first-order valence-corrected chi connectivity index (χ1v) is 14.0. The zero-order valence-electron chi connectivity index (χ0n) is 22.9. The average molecular weight is 515 g/mol. The fourth-order valence-electron chi connectivity index (χ4n) is 5.74. The van der Waals surface area contributed by atoms with E-state index in [4.69, 9.17) is 4.74 Å². The molecule has 2 aliphatic rings. The quantitative estimate of drug-likeness (QED) is 0.405. The Balaban J connectivity index is 1.45. The number of anilines is 1. The molecule has 0 radical (unpaired) electrons. The van der Waals surface area contributed by atoms with Crippen molar-refractivity contribution in [1.82, 2.24) is 19.4 Å². The first kappa shape index (κ1) is 26.2. The number of hydrogen-bond donors (Lipinski definition) is 0. The van der Waals surface area contributed by atoms with Crippen molar-refractivity contribution >= 4 is 16.9 Å². The van der Waals surface area contributed by atoms with Crippen LogP contribution in [0.2, 0.25) is 0 Å². The Labute approximate surface area is 224 Å². The zero-order valence-corrected chi connectivity index (χ0v) is 22.9. The summed E-state index contributed by atoms with van der Waals surface area (Å²) in [6.45, 7) is 9.11. The van der Waals surface area contributed by atoms with Gasteiger partial charge in [-0.05, 0) is 67.9 Å². The Morgan fingerprint density at radius 1 is 1.03 bits per heavy atom. The lowest BCUT2D eigenvalue weighted by atomic mass is 9.95. The number of nitriles is 1. The lowest BCUT2D eigenvalue weighted by molar-refractivity contribution is 0.0895. The van der Waals surface area contributed by atoms with Crippen molar-refractivity contribution in [2.45, 2.75) is 71.0 Å². The number of pyridine rings is 1. The third-order valence-corrected chi connectivity index (χ3v) is 8.24. The summed E-state index contributed by atoms with van der Waals surface area (Å²) < 4.78 is 7.48. The van der Waals surface area contributed by atoms with E-state index in [1.165, 1.54) is 23.0 Å². The number of benzene rings is 1. The van der Waals surface area contributed by atoms with Gasteiger partial charge in [-0.3, -0.25) is 9.47 Å². The summed E-state index contributed by atoms with van der Waals surface area (Å²) in [5.41, 5.74) is 2.64. The second kappa shape index (κ2) is 11.1. The number of nitrogens with zero attached hydrogens (tertiary/aromatic N) is 6. The molecule has 1 aliphatic heterocycles. The molecule has 1 aliphatic carbocycles. The molecule has 8 nitrogen and oxygen atoms in total. The topological polar surface area (TPSA) is 87.3 Å². The molecule has 5 rings (SSSR count). The highest BCUT2D eigenvalue weighted by Gasteiger charge is 2.37. The molecule has 2 aromatic heterocycles. The third kappa shape index (κ3) is 5.12. The molecule has 38 heavy (non-hydrogen) atoms. The number of piperazine rings is 1. The van der Waals surface area contributed by atoms with Crippen LogP contribution in [0.25, 0.3) is 11.0 Å². The molecule has 1 saturated carbocycles. The Kier molecular flexibility index (Phi) is 7.66. The SMILES string of the molecule is CCC(c1ccc(OCC2CC2)cc1)N1C[C@H](CC)N(c2nc(=O)n(C)c3ccc(C#N)nc23)C[C@H]1CC. The standard InChI is InChI=1S/C30H38N6O2/c1-5-23-18-36(29-28-27(34(4)30(37)33-29)15-12-22(16-31)32-28)24(6-2)17-35(23)26(7-3)21-10-13-25(14-11-21)38-19-20-8-9-20/h10-15,20,23-24,26H,5-9,17-19H2,1-4H3/t23-,24+,26?/m1/s1. The molecule has 3 atom stereocenters. The van der Waals surface area contributed by atoms with Gasteiger partial charge in [0.15, 0.2) is 5.82 Å². The van der Waals surface area contributed by atoms with Gasteiger partial charge in [-0.25, -0.2) is 9.78 Å². The van der Waals surface area contributed by atoms with Crippen LogP contribution < -0.4 is 15.3 Å². The molecule has 0 spiro atoms. The number of fused-ring (bicyclic) bond motifs is 1. The van der Waals surface area contributed by atoms with E-state index < -0.39 is 0 Å². The highest BCUT2D eigenvalue weighted by atomic mass is 16.5. The van der Waals surface area contributed by atoms with Crippen LogP contribution in [0.1, 0.15) is 70.2 Å². The van der Waals surface area contributed by atoms with Crippen molar-refractivity contribution in [3.8, 4) is 11.8 Å². The highest BCUT2D eigenvalue weighted by Crippen LogP contribution is 2.36. The monoisotopic (exact) mass is 514 g/mol. The van der Waals surface area contributed by atoms with Crippen molar-refractivity contribution in [3.05, 3.63) is 58.1 Å². The van der Waals surface area contributed by atoms with Crippen LogP contribution >= 0.6 is 0 Å². The summed E-state index contributed by atoms with van der Waals surface area (Å²) in [6, 6.07) is 15.0. The van der Waals surface area contributed by atoms with Gasteiger partial charge in [0, 0.05) is 38.3 Å². The number of hydrogen-bond acceptors (Lipinski definition) is 7. The summed E-state index contributed by atoms with van der Waals surface area (Å²) in [6.07, 6.45) is 5.48. The maximum atomic E-state index is 12.8. The molecule has 200 valence electrons. The first-order valence-electron chi connectivity index (χ1n) is 14.0. The average Bonchev–Trinajstić information content (AvgIpc) is 3.79. The molecule has 1 aromatic carbocycles. The molecule has 8 heteroatoms. The van der Waals surface area contributed by atoms with Crippen LogP contribution in [-0.2, 0) is 7.05 Å². The Morgan fingerprint density at radius 3 is 2.39 bits per heavy atom. The summed E-state index contributed by atoms with van der Waals surface area (Å²) in [4.78, 5) is 26.8. The van der Waals surface area contributed by atoms with Gasteiger partial charge in [0.25, 0.3) is 0 Å². The highest BCUT2D eigenvalue weighted by molar-refractivity contribution is 5.86. The van der Waals surface area contributed by atoms with Gasteiger partial charge in [-0.15, -0.1) is 0 Å². The minimum Gasteiger partial charge on any atom is -0.493 e. The molecule has 1 saturated heterocycles. The smallest absolute Gasteiger partial charge is 0.349 e. The molecular weight excluding hydrogens is 476 g/mol. The maximum absolute atomic E-state index is 12.8. The van der Waals surface area contributed by atoms with Crippen LogP contribution in [0.3, 0.4) is 0 Å². The summed E-state index contributed by atoms with van der Waals surface area (Å²) >= 11 is 0. The van der Waals surface area contributed by atoms with E-state index >= 15 is 0 Å². The van der Waals surface area contributed by atoms with Crippen molar-refractivity contribution in [1.29, 1.82) is 5.26 Å². The fourth-order valence-corrected chi connectivity index (χ4v) is 5.74. The number of aromatic nitrogens is 3. The van der Waals surface area contributed by atoms with Crippen LogP contribution in [0.15, 0.2) is 41.2 Å². The van der Waals surface area contributed by atoms with E-state index in [9.17, 15) is 10.1 Å². The second-order valence-electron chi connectivity index (χ2n) is 10.7. The van der Waals surface area contributed by atoms with Crippen molar-refractivity contribution in [2.75, 3.05) is 24.6 Å². The molecule has 0 amide bonds. The first-order chi connectivity index (χ1) is 18.5. The van der Waals surface area contributed by atoms with Crippen LogP contribution in [-0.4, -0.2) is 51.2 Å². The van der Waals surface area contributed by atoms with Gasteiger partial charge in [0.1, 0.15) is 23.0 Å². The van der Waals surface area contributed by atoms with Gasteiger partial charge in [0.05, 0.1) is 12.1 Å². The molecule has 0 bridgehead atoms. The Bertz CT molecular complexity index is 1370. The summed E-state index contributed by atoms with van der Waals surface area (Å²) in [7, 11) is 1.70. The van der Waals surface area contributed by atoms with E-state index in [1.54, 1.807) is 19.2 Å². The Morgan fingerprint density at radius 2 is 1.76 bits per heavy atom. The fraction of sp³-hybridized carbons (Fsp3) is 0.533. The van der Waals surface area contributed by atoms with E-state index in [0.29, 0.717) is 28.6 Å². The third-order valence-electron chi connectivity index (χ3n) is 8.24. The normalized spacial score (nSPS) is 20.9. The van der Waals surface area contributed by atoms with Gasteiger partial charge in [0.2, 0.25) is 0 Å². The van der Waals surface area contributed by atoms with Gasteiger partial charge >= 0.3 is 5.69 Å². The number of ether oxygens (including phenoxy) is 1. The number of aryl methyl sites for hydroxylation is 1. The van der Waals surface area contributed by atoms with Crippen LogP contribution in [0.5, 0.6) is 5.75 Å². The summed E-state index contributed by atoms with van der Waals surface area (Å²) in [5.74, 6) is 2.28. The zero-order chi connectivity index (χ0) is 26.8. The predicted molar refractivity (Wildman–Crippen MR) is 149 cm³/mol. The number of rotatable bonds is 9. The molecule has 1 unspecified atom stereocenters. The van der Waals surface area contributed by atoms with Crippen molar-refractivity contribution < 1.29 is 4.74 Å². The minimum atomic E-state index is -0.306. The van der Waals surface area contributed by atoms with Crippen molar-refractivity contribution in [3.63, 3.8) is 0 Å². The van der Waals surface area contributed by atoms with Gasteiger partial charge < -0.3 is 9.64 Å². The summed E-state index contributed by atoms with van der Waals surface area (Å²) in [5, 5.41) is 9.48. The van der Waals surface area contributed by atoms with Crippen LogP contribution in [0, 0.1) is 17.2 Å². The lowest BCUT2D eigenvalue weighted by Crippen LogP contribution is -2.59. The molecule has 3 aromatic rings. The van der Waals surface area contributed by atoms with Crippen molar-refractivity contribution in [2.24, 2.45) is 13.0 Å². The maximum Gasteiger partial charge on any atom is 0.349 e. The van der Waals surface area contributed by atoms with E-state index in [0.717, 1.165) is 50.6 Å². The molecule has 2 fully saturated rings. The van der Waals surface area contributed by atoms with Gasteiger partial charge in [-0.2, -0.15) is 10.2 Å². The Hall–Kier alpha value is -3.44. The molecule has 0 N–H and O–H groups in total. The van der Waals surface area contributed by atoms with Gasteiger partial charge in [-0.1, -0.05) is 32.9 Å². The molecular formula is C30H38N6O2. The largest absolute Gasteiger partial charge is 0.493 e. The lowest BCUT2D eigenvalue weighted by Gasteiger charge is -2.49.